The molecule has 0 spiro atoms. The minimum Gasteiger partial charge on any atom is -0.335 e. The molecule has 0 aliphatic rings. The number of hydrogen-bond donors (Lipinski definition) is 0. The van der Waals surface area contributed by atoms with E-state index in [4.69, 9.17) is 5.26 Å². The molecule has 1 rings (SSSR count). The average molecular weight is 266 g/mol. The molecule has 1 radical (unpaired) electrons. The molecular formula is C10H13N2OY-. The first-order chi connectivity index (χ1) is 6.24. The SMILES string of the molecule is CC.Cc1[c-]cn(CC#N)c(=O)c1.[Y]. The zero-order valence-electron chi connectivity index (χ0n) is 8.74. The van der Waals surface area contributed by atoms with E-state index >= 15 is 0 Å². The standard InChI is InChI=1S/C8H7N2O.C2H6.Y/c1-7-2-4-10(5-3-9)8(11)6-7;1-2;/h4,6H,5H2,1H3;1-2H3;/q-1;;. The fourth-order valence-electron chi connectivity index (χ4n) is 0.753. The van der Waals surface area contributed by atoms with E-state index < -0.39 is 0 Å². The van der Waals surface area contributed by atoms with Gasteiger partial charge in [0.15, 0.2) is 5.56 Å². The van der Waals surface area contributed by atoms with Gasteiger partial charge in [-0.25, -0.2) is 11.6 Å². The molecule has 3 nitrogen and oxygen atoms in total. The van der Waals surface area contributed by atoms with Crippen LogP contribution in [0.1, 0.15) is 19.4 Å². The molecule has 0 amide bonds. The largest absolute Gasteiger partial charge is 0.335 e. The van der Waals surface area contributed by atoms with Crippen LogP contribution in [0.2, 0.25) is 0 Å². The van der Waals surface area contributed by atoms with E-state index in [9.17, 15) is 4.79 Å². The van der Waals surface area contributed by atoms with E-state index in [0.717, 1.165) is 5.56 Å². The van der Waals surface area contributed by atoms with Crippen molar-refractivity contribution in [2.75, 3.05) is 0 Å². The molecule has 0 bridgehead atoms. The fraction of sp³-hybridized carbons (Fsp3) is 0.400. The molecule has 1 aromatic heterocycles. The number of rotatable bonds is 1. The van der Waals surface area contributed by atoms with Crippen LogP contribution in [-0.2, 0) is 39.3 Å². The smallest absolute Gasteiger partial charge is 0.168 e. The van der Waals surface area contributed by atoms with Gasteiger partial charge >= 0.3 is 0 Å². The van der Waals surface area contributed by atoms with Crippen molar-refractivity contribution < 1.29 is 32.7 Å². The molecule has 73 valence electrons. The van der Waals surface area contributed by atoms with E-state index in [0.29, 0.717) is 0 Å². The number of aryl methyl sites for hydroxylation is 1. The van der Waals surface area contributed by atoms with Crippen LogP contribution >= 0.6 is 0 Å². The zero-order chi connectivity index (χ0) is 10.3. The minimum atomic E-state index is -0.150. The number of pyridine rings is 1. The molecule has 0 aromatic carbocycles. The van der Waals surface area contributed by atoms with Crippen LogP contribution < -0.4 is 5.56 Å². The summed E-state index contributed by atoms with van der Waals surface area (Å²) < 4.78 is 1.31. The average Bonchev–Trinajstić information content (AvgIpc) is 2.14. The van der Waals surface area contributed by atoms with Gasteiger partial charge < -0.3 is 4.57 Å². The molecule has 1 heterocycles. The van der Waals surface area contributed by atoms with E-state index in [1.807, 2.05) is 19.9 Å². The van der Waals surface area contributed by atoms with Crippen molar-refractivity contribution in [2.24, 2.45) is 0 Å². The van der Waals surface area contributed by atoms with Gasteiger partial charge in [0.1, 0.15) is 6.54 Å². The monoisotopic (exact) mass is 266 g/mol. The molecule has 0 atom stereocenters. The van der Waals surface area contributed by atoms with Crippen LogP contribution in [0, 0.1) is 24.3 Å². The van der Waals surface area contributed by atoms with E-state index in [1.54, 1.807) is 6.92 Å². The van der Waals surface area contributed by atoms with Crippen molar-refractivity contribution in [1.29, 1.82) is 5.26 Å². The van der Waals surface area contributed by atoms with Crippen molar-refractivity contribution in [3.8, 4) is 6.07 Å². The van der Waals surface area contributed by atoms with Crippen LogP contribution in [0.5, 0.6) is 0 Å². The van der Waals surface area contributed by atoms with Crippen molar-refractivity contribution >= 4 is 0 Å². The Labute approximate surface area is 110 Å². The first-order valence-electron chi connectivity index (χ1n) is 4.20. The summed E-state index contributed by atoms with van der Waals surface area (Å²) in [6.45, 7) is 5.88. The molecule has 0 N–H and O–H groups in total. The summed E-state index contributed by atoms with van der Waals surface area (Å²) in [5, 5.41) is 8.29. The Bertz CT molecular complexity index is 352. The molecule has 0 saturated heterocycles. The van der Waals surface area contributed by atoms with Crippen molar-refractivity contribution in [2.45, 2.75) is 27.3 Å². The topological polar surface area (TPSA) is 45.8 Å². The van der Waals surface area contributed by atoms with Gasteiger partial charge in [-0.3, -0.25) is 4.79 Å². The third kappa shape index (κ3) is 5.31. The summed E-state index contributed by atoms with van der Waals surface area (Å²) in [5.41, 5.74) is 0.645. The van der Waals surface area contributed by atoms with Gasteiger partial charge in [0.25, 0.3) is 0 Å². The number of aromatic nitrogens is 1. The van der Waals surface area contributed by atoms with Gasteiger partial charge in [-0.05, 0) is 0 Å². The van der Waals surface area contributed by atoms with Gasteiger partial charge in [-0.1, -0.05) is 27.0 Å². The maximum absolute atomic E-state index is 11.0. The summed E-state index contributed by atoms with van der Waals surface area (Å²) in [6.07, 6.45) is 1.50. The Morgan fingerprint density at radius 3 is 2.57 bits per heavy atom. The summed E-state index contributed by atoms with van der Waals surface area (Å²) in [6, 6.07) is 6.18. The van der Waals surface area contributed by atoms with Crippen LogP contribution in [0.25, 0.3) is 0 Å². The molecule has 0 aliphatic heterocycles. The molecule has 0 fully saturated rings. The molecule has 0 aliphatic carbocycles. The van der Waals surface area contributed by atoms with Crippen molar-refractivity contribution in [3.05, 3.63) is 34.2 Å². The van der Waals surface area contributed by atoms with Crippen LogP contribution in [0.3, 0.4) is 0 Å². The number of hydrogen-bond acceptors (Lipinski definition) is 2. The first-order valence-corrected chi connectivity index (χ1v) is 4.20. The molecule has 0 unspecified atom stereocenters. The molecular weight excluding hydrogens is 253 g/mol. The van der Waals surface area contributed by atoms with E-state index in [-0.39, 0.29) is 44.8 Å². The third-order valence-electron chi connectivity index (χ3n) is 1.31. The fourth-order valence-corrected chi connectivity index (χ4v) is 0.753. The predicted octanol–water partition coefficient (Wildman–Crippen LogP) is 1.50. The Kier molecular flexibility index (Phi) is 10.4. The van der Waals surface area contributed by atoms with Crippen molar-refractivity contribution in [3.63, 3.8) is 0 Å². The normalized spacial score (nSPS) is 7.57. The maximum atomic E-state index is 11.0. The van der Waals surface area contributed by atoms with Crippen LogP contribution in [0.15, 0.2) is 17.1 Å². The Hall–Kier alpha value is -0.456. The molecule has 14 heavy (non-hydrogen) atoms. The minimum absolute atomic E-state index is 0. The Balaban J connectivity index is 0. The summed E-state index contributed by atoms with van der Waals surface area (Å²) in [5.74, 6) is 0. The second kappa shape index (κ2) is 9.11. The van der Waals surface area contributed by atoms with Gasteiger partial charge in [0.05, 0.1) is 6.07 Å². The Morgan fingerprint density at radius 1 is 1.57 bits per heavy atom. The van der Waals surface area contributed by atoms with Gasteiger partial charge in [0, 0.05) is 32.7 Å². The summed E-state index contributed by atoms with van der Waals surface area (Å²) >= 11 is 0. The second-order valence-electron chi connectivity index (χ2n) is 2.23. The second-order valence-corrected chi connectivity index (χ2v) is 2.23. The molecule has 0 saturated carbocycles. The van der Waals surface area contributed by atoms with Gasteiger partial charge in [-0.2, -0.15) is 5.26 Å². The summed E-state index contributed by atoms with van der Waals surface area (Å²) in [7, 11) is 0. The quantitative estimate of drug-likeness (QED) is 0.723. The van der Waals surface area contributed by atoms with Crippen LogP contribution in [0.4, 0.5) is 0 Å². The first kappa shape index (κ1) is 16.0. The molecule has 4 heteroatoms. The maximum Gasteiger partial charge on any atom is 0.168 e. The number of nitrogens with zero attached hydrogens (tertiary/aromatic N) is 2. The predicted molar refractivity (Wildman–Crippen MR) is 51.2 cm³/mol. The number of nitriles is 1. The van der Waals surface area contributed by atoms with Crippen molar-refractivity contribution in [1.82, 2.24) is 4.57 Å². The van der Waals surface area contributed by atoms with Crippen LogP contribution in [-0.4, -0.2) is 4.57 Å². The van der Waals surface area contributed by atoms with E-state index in [1.165, 1.54) is 16.8 Å². The molecule has 1 aromatic rings. The zero-order valence-corrected chi connectivity index (χ0v) is 11.6. The van der Waals surface area contributed by atoms with E-state index in [2.05, 4.69) is 6.07 Å². The van der Waals surface area contributed by atoms with Gasteiger partial charge in [0.2, 0.25) is 0 Å². The van der Waals surface area contributed by atoms with Gasteiger partial charge in [-0.15, -0.1) is 6.07 Å². The Morgan fingerprint density at radius 2 is 2.14 bits per heavy atom. The third-order valence-corrected chi connectivity index (χ3v) is 1.31. The summed E-state index contributed by atoms with van der Waals surface area (Å²) in [4.78, 5) is 11.0.